The molecule has 0 spiro atoms. The Morgan fingerprint density at radius 2 is 2.11 bits per heavy atom. The predicted octanol–water partition coefficient (Wildman–Crippen LogP) is 4.88. The number of fused-ring (bicyclic) bond motifs is 1. The van der Waals surface area contributed by atoms with Gasteiger partial charge in [-0.05, 0) is 61.6 Å². The van der Waals surface area contributed by atoms with E-state index in [-0.39, 0.29) is 11.8 Å². The minimum atomic E-state index is -0.0319. The quantitative estimate of drug-likeness (QED) is 0.604. The third-order valence-corrected chi connectivity index (χ3v) is 6.83. The van der Waals surface area contributed by atoms with Crippen molar-refractivity contribution in [2.75, 3.05) is 36.7 Å². The smallest absolute Gasteiger partial charge is 0.229 e. The zero-order valence-corrected chi connectivity index (χ0v) is 17.6. The first-order valence-electron chi connectivity index (χ1n) is 9.30. The molecule has 1 aliphatic rings. The highest BCUT2D eigenvalue weighted by molar-refractivity contribution is 7.98. The van der Waals surface area contributed by atoms with Crippen molar-refractivity contribution in [3.63, 3.8) is 0 Å². The van der Waals surface area contributed by atoms with Gasteiger partial charge in [-0.25, -0.2) is 4.98 Å². The molecule has 1 unspecified atom stereocenters. The summed E-state index contributed by atoms with van der Waals surface area (Å²) in [4.78, 5) is 21.0. The number of aromatic nitrogens is 1. The number of carbonyl (C=O) groups is 1. The summed E-state index contributed by atoms with van der Waals surface area (Å²) in [6.07, 6.45) is 3.94. The Kier molecular flexibility index (Phi) is 5.73. The van der Waals surface area contributed by atoms with E-state index in [2.05, 4.69) is 10.2 Å². The van der Waals surface area contributed by atoms with Gasteiger partial charge in [-0.15, -0.1) is 11.8 Å². The van der Waals surface area contributed by atoms with Crippen LogP contribution in [0.3, 0.4) is 0 Å². The molecule has 1 aromatic heterocycles. The number of hydrogen-bond donors (Lipinski definition) is 1. The van der Waals surface area contributed by atoms with Crippen LogP contribution in [0.1, 0.15) is 12.8 Å². The molecule has 1 saturated heterocycles. The molecule has 5 nitrogen and oxygen atoms in total. The number of rotatable bonds is 5. The van der Waals surface area contributed by atoms with E-state index < -0.39 is 0 Å². The number of piperidine rings is 1. The average molecular weight is 414 g/mol. The lowest BCUT2D eigenvalue weighted by Crippen LogP contribution is -2.40. The lowest BCUT2D eigenvalue weighted by Gasteiger charge is -2.31. The van der Waals surface area contributed by atoms with Crippen molar-refractivity contribution >= 4 is 50.0 Å². The molecule has 1 N–H and O–H groups in total. The van der Waals surface area contributed by atoms with Crippen molar-refractivity contribution in [1.29, 1.82) is 0 Å². The molecule has 0 saturated carbocycles. The molecule has 2 aromatic carbocycles. The zero-order chi connectivity index (χ0) is 19.5. The fourth-order valence-corrected chi connectivity index (χ4v) is 4.88. The highest BCUT2D eigenvalue weighted by Crippen LogP contribution is 2.33. The monoisotopic (exact) mass is 413 g/mol. The number of methoxy groups -OCH3 is 1. The lowest BCUT2D eigenvalue weighted by molar-refractivity contribution is -0.120. The number of carbonyl (C=O) groups excluding carboxylic acids is 1. The number of nitrogens with zero attached hydrogens (tertiary/aromatic N) is 2. The molecule has 0 aliphatic carbocycles. The summed E-state index contributed by atoms with van der Waals surface area (Å²) in [5.41, 5.74) is 1.83. The maximum Gasteiger partial charge on any atom is 0.229 e. The second-order valence-corrected chi connectivity index (χ2v) is 8.72. The van der Waals surface area contributed by atoms with Crippen molar-refractivity contribution in [3.8, 4) is 5.75 Å². The standard InChI is InChI=1S/C21H23N3O2S2/c1-26-16-7-10-18-19(12-16)28-21(23-18)24-11-3-4-14(13-24)20(25)22-15-5-8-17(27-2)9-6-15/h5-10,12,14H,3-4,11,13H2,1-2H3,(H,22,25). The molecule has 146 valence electrons. The molecule has 28 heavy (non-hydrogen) atoms. The highest BCUT2D eigenvalue weighted by Gasteiger charge is 2.27. The second-order valence-electron chi connectivity index (χ2n) is 6.83. The number of hydrogen-bond acceptors (Lipinski definition) is 6. The van der Waals surface area contributed by atoms with Gasteiger partial charge in [0, 0.05) is 23.7 Å². The summed E-state index contributed by atoms with van der Waals surface area (Å²) >= 11 is 3.35. The number of benzene rings is 2. The molecular weight excluding hydrogens is 390 g/mol. The molecule has 1 fully saturated rings. The Labute approximate surface area is 173 Å². The average Bonchev–Trinajstić information content (AvgIpc) is 3.17. The molecule has 1 atom stereocenters. The third-order valence-electron chi connectivity index (χ3n) is 5.00. The first-order valence-corrected chi connectivity index (χ1v) is 11.3. The van der Waals surface area contributed by atoms with Crippen LogP contribution in [0.5, 0.6) is 5.75 Å². The van der Waals surface area contributed by atoms with E-state index in [0.717, 1.165) is 46.2 Å². The third kappa shape index (κ3) is 4.10. The van der Waals surface area contributed by atoms with E-state index in [9.17, 15) is 4.79 Å². The van der Waals surface area contributed by atoms with Crippen LogP contribution < -0.4 is 15.0 Å². The van der Waals surface area contributed by atoms with Crippen LogP contribution in [0.25, 0.3) is 10.2 Å². The summed E-state index contributed by atoms with van der Waals surface area (Å²) in [5.74, 6) is 0.894. The molecule has 3 aromatic rings. The Bertz CT molecular complexity index is 971. The highest BCUT2D eigenvalue weighted by atomic mass is 32.2. The lowest BCUT2D eigenvalue weighted by atomic mass is 9.97. The Balaban J connectivity index is 1.45. The van der Waals surface area contributed by atoms with Gasteiger partial charge in [-0.3, -0.25) is 4.79 Å². The first kappa shape index (κ1) is 19.1. The van der Waals surface area contributed by atoms with E-state index in [0.29, 0.717) is 6.54 Å². The Morgan fingerprint density at radius 3 is 2.86 bits per heavy atom. The van der Waals surface area contributed by atoms with Crippen LogP contribution in [0.4, 0.5) is 10.8 Å². The van der Waals surface area contributed by atoms with Crippen molar-refractivity contribution in [2.24, 2.45) is 5.92 Å². The Morgan fingerprint density at radius 1 is 1.29 bits per heavy atom. The normalized spacial score (nSPS) is 16.9. The van der Waals surface area contributed by atoms with Gasteiger partial charge >= 0.3 is 0 Å². The van der Waals surface area contributed by atoms with Gasteiger partial charge in [-0.2, -0.15) is 0 Å². The fraction of sp³-hybridized carbons (Fsp3) is 0.333. The van der Waals surface area contributed by atoms with E-state index in [1.165, 1.54) is 4.90 Å². The van der Waals surface area contributed by atoms with Crippen molar-refractivity contribution in [3.05, 3.63) is 42.5 Å². The van der Waals surface area contributed by atoms with E-state index in [4.69, 9.17) is 9.72 Å². The topological polar surface area (TPSA) is 54.5 Å². The van der Waals surface area contributed by atoms with E-state index in [1.807, 2.05) is 48.7 Å². The molecule has 1 aliphatic heterocycles. The summed E-state index contributed by atoms with van der Waals surface area (Å²) in [6.45, 7) is 1.63. The van der Waals surface area contributed by atoms with Crippen molar-refractivity contribution in [2.45, 2.75) is 17.7 Å². The fourth-order valence-electron chi connectivity index (χ4n) is 3.44. The van der Waals surface area contributed by atoms with Gasteiger partial charge in [-0.1, -0.05) is 11.3 Å². The minimum absolute atomic E-state index is 0.0319. The van der Waals surface area contributed by atoms with Gasteiger partial charge in [0.05, 0.1) is 23.2 Å². The van der Waals surface area contributed by atoms with Gasteiger partial charge in [0.15, 0.2) is 5.13 Å². The van der Waals surface area contributed by atoms with Crippen molar-refractivity contribution in [1.82, 2.24) is 4.98 Å². The number of nitrogens with one attached hydrogen (secondary N) is 1. The molecule has 0 bridgehead atoms. The van der Waals surface area contributed by atoms with Crippen LogP contribution in [0.15, 0.2) is 47.4 Å². The summed E-state index contributed by atoms with van der Waals surface area (Å²) in [7, 11) is 1.67. The van der Waals surface area contributed by atoms with Crippen LogP contribution in [-0.4, -0.2) is 37.3 Å². The van der Waals surface area contributed by atoms with Gasteiger partial charge in [0.2, 0.25) is 5.91 Å². The van der Waals surface area contributed by atoms with Gasteiger partial charge in [0.25, 0.3) is 0 Å². The molecule has 0 radical (unpaired) electrons. The van der Waals surface area contributed by atoms with Crippen molar-refractivity contribution < 1.29 is 9.53 Å². The molecule has 4 rings (SSSR count). The van der Waals surface area contributed by atoms with Gasteiger partial charge in [0.1, 0.15) is 5.75 Å². The number of thiazole rings is 1. The zero-order valence-electron chi connectivity index (χ0n) is 16.0. The Hall–Kier alpha value is -2.25. The first-order chi connectivity index (χ1) is 13.7. The predicted molar refractivity (Wildman–Crippen MR) is 118 cm³/mol. The van der Waals surface area contributed by atoms with Crippen LogP contribution >= 0.6 is 23.1 Å². The molecule has 1 amide bonds. The van der Waals surface area contributed by atoms with E-state index in [1.54, 1.807) is 30.2 Å². The summed E-state index contributed by atoms with van der Waals surface area (Å²) in [5, 5.41) is 4.05. The number of ether oxygens (including phenoxy) is 1. The largest absolute Gasteiger partial charge is 0.497 e. The SMILES string of the molecule is COc1ccc2nc(N3CCCC(C(=O)Nc4ccc(SC)cc4)C3)sc2c1. The maximum atomic E-state index is 12.8. The maximum absolute atomic E-state index is 12.8. The summed E-state index contributed by atoms with van der Waals surface area (Å²) < 4.78 is 6.41. The molecular formula is C21H23N3O2S2. The number of anilines is 2. The second kappa shape index (κ2) is 8.41. The molecule has 7 heteroatoms. The summed E-state index contributed by atoms with van der Waals surface area (Å²) in [6, 6.07) is 13.9. The van der Waals surface area contributed by atoms with Crippen LogP contribution in [0, 0.1) is 5.92 Å². The van der Waals surface area contributed by atoms with Crippen LogP contribution in [0.2, 0.25) is 0 Å². The molecule has 2 heterocycles. The minimum Gasteiger partial charge on any atom is -0.497 e. The number of thioether (sulfide) groups is 1. The number of amides is 1. The van der Waals surface area contributed by atoms with Crippen LogP contribution in [-0.2, 0) is 4.79 Å². The van der Waals surface area contributed by atoms with Gasteiger partial charge < -0.3 is 15.0 Å². The van der Waals surface area contributed by atoms with E-state index >= 15 is 0 Å².